The molecule has 0 radical (unpaired) electrons. The van der Waals surface area contributed by atoms with E-state index < -0.39 is 4.92 Å². The van der Waals surface area contributed by atoms with Crippen LogP contribution in [-0.4, -0.2) is 24.7 Å². The van der Waals surface area contributed by atoms with E-state index in [0.29, 0.717) is 21.9 Å². The summed E-state index contributed by atoms with van der Waals surface area (Å²) in [5.74, 6) is 0.459. The van der Waals surface area contributed by atoms with Gasteiger partial charge in [0.15, 0.2) is 0 Å². The van der Waals surface area contributed by atoms with E-state index in [0.717, 1.165) is 12.2 Å². The van der Waals surface area contributed by atoms with Crippen LogP contribution in [0, 0.1) is 10.1 Å². The summed E-state index contributed by atoms with van der Waals surface area (Å²) in [6.07, 6.45) is 3.45. The zero-order valence-corrected chi connectivity index (χ0v) is 12.4. The predicted molar refractivity (Wildman–Crippen MR) is 84.4 cm³/mol. The summed E-state index contributed by atoms with van der Waals surface area (Å²) >= 11 is 6.29. The molecule has 0 spiro atoms. The van der Waals surface area contributed by atoms with Crippen molar-refractivity contribution in [1.82, 2.24) is 19.7 Å². The highest BCUT2D eigenvalue weighted by Gasteiger charge is 2.11. The molecule has 2 heterocycles. The van der Waals surface area contributed by atoms with Crippen LogP contribution in [-0.2, 0) is 6.54 Å². The maximum absolute atomic E-state index is 10.8. The number of nitrogens with zero attached hydrogens (tertiary/aromatic N) is 4. The molecule has 3 rings (SSSR count). The highest BCUT2D eigenvalue weighted by Crippen LogP contribution is 2.24. The summed E-state index contributed by atoms with van der Waals surface area (Å²) in [6, 6.07) is 6.29. The Bertz CT molecular complexity index is 880. The van der Waals surface area contributed by atoms with E-state index in [4.69, 9.17) is 11.6 Å². The van der Waals surface area contributed by atoms with Crippen LogP contribution in [0.2, 0.25) is 0 Å². The lowest BCUT2D eigenvalue weighted by Crippen LogP contribution is -1.98. The molecule has 0 amide bonds. The molecule has 0 saturated heterocycles. The van der Waals surface area contributed by atoms with Crippen molar-refractivity contribution < 1.29 is 4.92 Å². The van der Waals surface area contributed by atoms with E-state index in [2.05, 4.69) is 15.1 Å². The van der Waals surface area contributed by atoms with Gasteiger partial charge in [-0.1, -0.05) is 11.6 Å². The van der Waals surface area contributed by atoms with E-state index in [1.165, 1.54) is 12.1 Å². The number of halogens is 1. The highest BCUT2D eigenvalue weighted by molar-refractivity contribution is 6.50. The maximum Gasteiger partial charge on any atom is 0.271 e. The Balaban J connectivity index is 2.00. The van der Waals surface area contributed by atoms with Gasteiger partial charge >= 0.3 is 0 Å². The lowest BCUT2D eigenvalue weighted by atomic mass is 10.3. The SMILES string of the molecule is CCn1nccc1/C=C(\Cl)c1nc2ccc([N+](=O)[O-])cc2[nH]1. The van der Waals surface area contributed by atoms with Crippen molar-refractivity contribution in [3.8, 4) is 0 Å². The molecule has 3 aromatic rings. The zero-order valence-electron chi connectivity index (χ0n) is 11.7. The number of rotatable bonds is 4. The molecule has 7 nitrogen and oxygen atoms in total. The minimum absolute atomic E-state index is 0.00635. The average Bonchev–Trinajstić information content (AvgIpc) is 3.11. The Kier molecular flexibility index (Phi) is 3.64. The molecule has 2 aromatic heterocycles. The van der Waals surface area contributed by atoms with Gasteiger partial charge in [0, 0.05) is 24.9 Å². The average molecular weight is 318 g/mol. The molecule has 0 unspecified atom stereocenters. The van der Waals surface area contributed by atoms with Crippen LogP contribution in [0.5, 0.6) is 0 Å². The molecule has 22 heavy (non-hydrogen) atoms. The van der Waals surface area contributed by atoms with Gasteiger partial charge in [-0.15, -0.1) is 0 Å². The third-order valence-electron chi connectivity index (χ3n) is 3.23. The molecule has 0 aliphatic rings. The summed E-state index contributed by atoms with van der Waals surface area (Å²) in [4.78, 5) is 17.7. The molecule has 1 N–H and O–H groups in total. The monoisotopic (exact) mass is 317 g/mol. The summed E-state index contributed by atoms with van der Waals surface area (Å²) < 4.78 is 1.80. The fraction of sp³-hybridized carbons (Fsp3) is 0.143. The first-order valence-corrected chi connectivity index (χ1v) is 7.00. The first kappa shape index (κ1) is 14.3. The molecule has 8 heteroatoms. The van der Waals surface area contributed by atoms with Gasteiger partial charge in [0.1, 0.15) is 5.82 Å². The number of H-pyrrole nitrogens is 1. The minimum Gasteiger partial charge on any atom is -0.337 e. The van der Waals surface area contributed by atoms with Crippen molar-refractivity contribution in [3.63, 3.8) is 0 Å². The first-order chi connectivity index (χ1) is 10.6. The van der Waals surface area contributed by atoms with Crippen molar-refractivity contribution in [2.24, 2.45) is 0 Å². The van der Waals surface area contributed by atoms with Crippen molar-refractivity contribution in [1.29, 1.82) is 0 Å². The summed E-state index contributed by atoms with van der Waals surface area (Å²) in [6.45, 7) is 2.72. The smallest absolute Gasteiger partial charge is 0.271 e. The predicted octanol–water partition coefficient (Wildman–Crippen LogP) is 3.42. The van der Waals surface area contributed by atoms with Crippen LogP contribution in [0.25, 0.3) is 22.1 Å². The Labute approximate surface area is 130 Å². The zero-order chi connectivity index (χ0) is 15.7. The van der Waals surface area contributed by atoms with Gasteiger partial charge in [-0.05, 0) is 25.1 Å². The number of non-ortho nitro benzene ring substituents is 1. The Morgan fingerprint density at radius 2 is 2.32 bits per heavy atom. The number of aromatic nitrogens is 4. The number of nitro groups is 1. The Morgan fingerprint density at radius 3 is 3.05 bits per heavy atom. The van der Waals surface area contributed by atoms with E-state index in [-0.39, 0.29) is 5.69 Å². The van der Waals surface area contributed by atoms with E-state index in [1.807, 2.05) is 13.0 Å². The Hall–Kier alpha value is -2.67. The third-order valence-corrected chi connectivity index (χ3v) is 3.51. The lowest BCUT2D eigenvalue weighted by molar-refractivity contribution is -0.384. The van der Waals surface area contributed by atoms with Crippen molar-refractivity contribution in [2.45, 2.75) is 13.5 Å². The number of benzene rings is 1. The topological polar surface area (TPSA) is 89.6 Å². The normalized spacial score (nSPS) is 12.0. The fourth-order valence-corrected chi connectivity index (χ4v) is 2.35. The molecule has 112 valence electrons. The van der Waals surface area contributed by atoms with Gasteiger partial charge in [-0.25, -0.2) is 4.98 Å². The van der Waals surface area contributed by atoms with Gasteiger partial charge in [-0.3, -0.25) is 14.8 Å². The van der Waals surface area contributed by atoms with Crippen LogP contribution < -0.4 is 0 Å². The number of hydrogen-bond donors (Lipinski definition) is 1. The number of nitro benzene ring substituents is 1. The number of hydrogen-bond acceptors (Lipinski definition) is 4. The van der Waals surface area contributed by atoms with Crippen LogP contribution in [0.1, 0.15) is 18.4 Å². The summed E-state index contributed by atoms with van der Waals surface area (Å²) in [7, 11) is 0. The summed E-state index contributed by atoms with van der Waals surface area (Å²) in [5, 5.41) is 15.4. The molecule has 0 saturated carbocycles. The second-order valence-electron chi connectivity index (χ2n) is 4.61. The molecule has 0 bridgehead atoms. The number of aryl methyl sites for hydroxylation is 1. The molecular formula is C14H12ClN5O2. The van der Waals surface area contributed by atoms with Gasteiger partial charge in [0.25, 0.3) is 5.69 Å². The molecule has 0 aliphatic carbocycles. The minimum atomic E-state index is -0.447. The molecule has 0 aliphatic heterocycles. The van der Waals surface area contributed by atoms with Crippen molar-refractivity contribution in [3.05, 3.63) is 52.1 Å². The first-order valence-electron chi connectivity index (χ1n) is 6.62. The largest absolute Gasteiger partial charge is 0.337 e. The van der Waals surface area contributed by atoms with Crippen LogP contribution >= 0.6 is 11.6 Å². The van der Waals surface area contributed by atoms with Crippen LogP contribution in [0.15, 0.2) is 30.5 Å². The Morgan fingerprint density at radius 1 is 1.50 bits per heavy atom. The van der Waals surface area contributed by atoms with E-state index in [9.17, 15) is 10.1 Å². The standard InChI is InChI=1S/C14H12ClN5O2/c1-2-19-9(5-6-16-19)7-11(15)14-17-12-4-3-10(20(21)22)8-13(12)18-14/h3-8H,2H2,1H3,(H,17,18)/b11-7-. The molecular weight excluding hydrogens is 306 g/mol. The van der Waals surface area contributed by atoms with Crippen molar-refractivity contribution >= 4 is 39.4 Å². The van der Waals surface area contributed by atoms with Gasteiger partial charge in [-0.2, -0.15) is 5.10 Å². The van der Waals surface area contributed by atoms with Gasteiger partial charge in [0.05, 0.1) is 26.7 Å². The van der Waals surface area contributed by atoms with E-state index in [1.54, 1.807) is 23.0 Å². The van der Waals surface area contributed by atoms with Crippen LogP contribution in [0.4, 0.5) is 5.69 Å². The second kappa shape index (κ2) is 5.61. The lowest BCUT2D eigenvalue weighted by Gasteiger charge is -1.99. The number of fused-ring (bicyclic) bond motifs is 1. The quantitative estimate of drug-likeness (QED) is 0.589. The molecule has 0 fully saturated rings. The fourth-order valence-electron chi connectivity index (χ4n) is 2.15. The van der Waals surface area contributed by atoms with Crippen LogP contribution in [0.3, 0.4) is 0 Å². The van der Waals surface area contributed by atoms with E-state index >= 15 is 0 Å². The highest BCUT2D eigenvalue weighted by atomic mass is 35.5. The molecule has 1 aromatic carbocycles. The second-order valence-corrected chi connectivity index (χ2v) is 5.02. The number of aromatic amines is 1. The third kappa shape index (κ3) is 2.58. The van der Waals surface area contributed by atoms with Gasteiger partial charge in [0.2, 0.25) is 0 Å². The van der Waals surface area contributed by atoms with Crippen molar-refractivity contribution in [2.75, 3.05) is 0 Å². The van der Waals surface area contributed by atoms with Gasteiger partial charge < -0.3 is 4.98 Å². The maximum atomic E-state index is 10.8. The molecule has 0 atom stereocenters. The summed E-state index contributed by atoms with van der Waals surface area (Å²) in [5.41, 5.74) is 2.06. The number of nitrogens with one attached hydrogen (secondary N) is 1. The number of imidazole rings is 1.